The highest BCUT2D eigenvalue weighted by Crippen LogP contribution is 2.26. The van der Waals surface area contributed by atoms with Gasteiger partial charge in [-0.2, -0.15) is 0 Å². The van der Waals surface area contributed by atoms with Crippen molar-refractivity contribution in [3.05, 3.63) is 31.5 Å². The predicted molar refractivity (Wildman–Crippen MR) is 78.4 cm³/mol. The lowest BCUT2D eigenvalue weighted by molar-refractivity contribution is 0.865. The van der Waals surface area contributed by atoms with Gasteiger partial charge >= 0.3 is 0 Å². The van der Waals surface area contributed by atoms with Crippen LogP contribution >= 0.6 is 33.9 Å². The topological polar surface area (TPSA) is 50.7 Å². The smallest absolute Gasteiger partial charge is 0.223 e. The summed E-state index contributed by atoms with van der Waals surface area (Å²) in [6, 6.07) is 0.182. The highest BCUT2D eigenvalue weighted by Gasteiger charge is 2.13. The maximum absolute atomic E-state index is 4.42. The summed E-state index contributed by atoms with van der Waals surface area (Å²) in [5, 5.41) is 4.38. The van der Waals surface area contributed by atoms with Crippen molar-refractivity contribution in [1.29, 1.82) is 0 Å². The molecule has 0 amide bonds. The van der Waals surface area contributed by atoms with Crippen LogP contribution in [0.1, 0.15) is 28.5 Å². The average Bonchev–Trinajstić information content (AvgIpc) is 2.61. The summed E-state index contributed by atoms with van der Waals surface area (Å²) in [6.45, 7) is 6.16. The Morgan fingerprint density at radius 2 is 1.94 bits per heavy atom. The maximum atomic E-state index is 4.42. The van der Waals surface area contributed by atoms with E-state index in [1.54, 1.807) is 23.7 Å². The van der Waals surface area contributed by atoms with E-state index >= 15 is 0 Å². The molecular weight excluding hydrogens is 347 g/mol. The Balaban J connectivity index is 2.14. The van der Waals surface area contributed by atoms with Gasteiger partial charge < -0.3 is 5.32 Å². The van der Waals surface area contributed by atoms with Gasteiger partial charge in [0.25, 0.3) is 0 Å². The zero-order valence-corrected chi connectivity index (χ0v) is 12.8. The lowest BCUT2D eigenvalue weighted by Crippen LogP contribution is -2.09. The molecule has 1 N–H and O–H groups in total. The minimum Gasteiger partial charge on any atom is -0.347 e. The first-order valence-corrected chi connectivity index (χ1v) is 7.14. The molecule has 2 rings (SSSR count). The molecule has 1 unspecified atom stereocenters. The van der Waals surface area contributed by atoms with E-state index in [2.05, 4.69) is 49.8 Å². The van der Waals surface area contributed by atoms with Gasteiger partial charge in [-0.15, -0.1) is 11.3 Å². The van der Waals surface area contributed by atoms with Crippen LogP contribution in [0.25, 0.3) is 0 Å². The van der Waals surface area contributed by atoms with Crippen LogP contribution in [0.2, 0.25) is 0 Å². The fourth-order valence-corrected chi connectivity index (χ4v) is 2.80. The monoisotopic (exact) mass is 360 g/mol. The van der Waals surface area contributed by atoms with Gasteiger partial charge in [-0.1, -0.05) is 0 Å². The van der Waals surface area contributed by atoms with E-state index < -0.39 is 0 Å². The molecule has 0 saturated carbocycles. The van der Waals surface area contributed by atoms with Gasteiger partial charge in [-0.05, 0) is 43.4 Å². The largest absolute Gasteiger partial charge is 0.347 e. The minimum atomic E-state index is 0.182. The molecule has 0 spiro atoms. The normalized spacial score (nSPS) is 12.5. The lowest BCUT2D eigenvalue weighted by Gasteiger charge is -2.12. The molecule has 0 aliphatic rings. The number of anilines is 1. The molecule has 2 aromatic heterocycles. The molecule has 0 bridgehead atoms. The number of aryl methyl sites for hydroxylation is 2. The Morgan fingerprint density at radius 3 is 2.47 bits per heavy atom. The number of hydrogen-bond donors (Lipinski definition) is 1. The van der Waals surface area contributed by atoms with Crippen molar-refractivity contribution in [2.75, 3.05) is 5.32 Å². The van der Waals surface area contributed by atoms with Gasteiger partial charge in [0.2, 0.25) is 5.95 Å². The molecule has 17 heavy (non-hydrogen) atoms. The van der Waals surface area contributed by atoms with Crippen molar-refractivity contribution in [3.8, 4) is 0 Å². The minimum absolute atomic E-state index is 0.182. The third kappa shape index (κ3) is 3.12. The van der Waals surface area contributed by atoms with Crippen LogP contribution in [0.3, 0.4) is 0 Å². The summed E-state index contributed by atoms with van der Waals surface area (Å²) in [7, 11) is 0. The molecular formula is C11H13IN4S. The summed E-state index contributed by atoms with van der Waals surface area (Å²) in [5.74, 6) is 0.656. The fraction of sp³-hybridized carbons (Fsp3) is 0.364. The summed E-state index contributed by atoms with van der Waals surface area (Å²) in [6.07, 6.45) is 3.60. The molecule has 2 aromatic rings. The van der Waals surface area contributed by atoms with Gasteiger partial charge in [-0.25, -0.2) is 15.0 Å². The number of thiazole rings is 1. The van der Waals surface area contributed by atoms with Crippen LogP contribution in [0.15, 0.2) is 12.4 Å². The van der Waals surface area contributed by atoms with Gasteiger partial charge in [0.1, 0.15) is 0 Å². The Kier molecular flexibility index (Phi) is 3.93. The summed E-state index contributed by atoms with van der Waals surface area (Å²) >= 11 is 3.90. The van der Waals surface area contributed by atoms with E-state index in [1.807, 2.05) is 13.8 Å². The van der Waals surface area contributed by atoms with E-state index in [1.165, 1.54) is 4.88 Å². The van der Waals surface area contributed by atoms with Crippen molar-refractivity contribution in [2.45, 2.75) is 26.8 Å². The third-order valence-corrected chi connectivity index (χ3v) is 4.11. The van der Waals surface area contributed by atoms with Crippen molar-refractivity contribution in [3.63, 3.8) is 0 Å². The van der Waals surface area contributed by atoms with E-state index in [-0.39, 0.29) is 6.04 Å². The molecule has 6 heteroatoms. The summed E-state index contributed by atoms with van der Waals surface area (Å²) < 4.78 is 1.03. The van der Waals surface area contributed by atoms with Crippen LogP contribution in [0, 0.1) is 17.4 Å². The highest BCUT2D eigenvalue weighted by molar-refractivity contribution is 14.1. The third-order valence-electron chi connectivity index (χ3n) is 2.30. The quantitative estimate of drug-likeness (QED) is 0.854. The van der Waals surface area contributed by atoms with E-state index in [9.17, 15) is 0 Å². The van der Waals surface area contributed by atoms with E-state index in [4.69, 9.17) is 0 Å². The lowest BCUT2D eigenvalue weighted by atomic mass is 10.2. The maximum Gasteiger partial charge on any atom is 0.223 e. The van der Waals surface area contributed by atoms with Crippen molar-refractivity contribution >= 4 is 39.9 Å². The second-order valence-electron chi connectivity index (χ2n) is 3.77. The molecule has 0 radical (unpaired) electrons. The predicted octanol–water partition coefficient (Wildman–Crippen LogP) is 3.33. The number of nitrogens with zero attached hydrogens (tertiary/aromatic N) is 3. The zero-order chi connectivity index (χ0) is 12.4. The number of rotatable bonds is 3. The first-order chi connectivity index (χ1) is 8.06. The van der Waals surface area contributed by atoms with Gasteiger partial charge in [0.15, 0.2) is 0 Å². The Hall–Kier alpha value is -0.760. The van der Waals surface area contributed by atoms with Gasteiger partial charge in [-0.3, -0.25) is 0 Å². The van der Waals surface area contributed by atoms with E-state index in [0.29, 0.717) is 5.95 Å². The van der Waals surface area contributed by atoms with Crippen LogP contribution in [0.4, 0.5) is 5.95 Å². The number of hydrogen-bond acceptors (Lipinski definition) is 5. The molecule has 0 saturated heterocycles. The summed E-state index contributed by atoms with van der Waals surface area (Å²) in [5.41, 5.74) is 1.08. The van der Waals surface area contributed by atoms with Crippen LogP contribution in [-0.4, -0.2) is 15.0 Å². The highest BCUT2D eigenvalue weighted by atomic mass is 127. The van der Waals surface area contributed by atoms with Crippen molar-refractivity contribution in [2.24, 2.45) is 0 Å². The first-order valence-electron chi connectivity index (χ1n) is 5.24. The second kappa shape index (κ2) is 5.26. The zero-order valence-electron chi connectivity index (χ0n) is 9.86. The molecule has 2 heterocycles. The standard InChI is InChI=1S/C11H13IN4S/c1-6-10(17-8(3)15-6)7(2)16-11-13-4-9(12)5-14-11/h4-5,7H,1-3H3,(H,13,14,16). The van der Waals surface area contributed by atoms with Gasteiger partial charge in [0.05, 0.1) is 16.7 Å². The van der Waals surface area contributed by atoms with Crippen LogP contribution < -0.4 is 5.32 Å². The van der Waals surface area contributed by atoms with Crippen LogP contribution in [0.5, 0.6) is 0 Å². The molecule has 90 valence electrons. The Morgan fingerprint density at radius 1 is 1.29 bits per heavy atom. The number of aromatic nitrogens is 3. The Labute approximate surface area is 118 Å². The number of halogens is 1. The fourth-order valence-electron chi connectivity index (χ4n) is 1.59. The molecule has 1 atom stereocenters. The molecule has 0 aliphatic carbocycles. The SMILES string of the molecule is Cc1nc(C)c(C(C)Nc2ncc(I)cn2)s1. The first kappa shape index (κ1) is 12.7. The van der Waals surface area contributed by atoms with Crippen molar-refractivity contribution in [1.82, 2.24) is 15.0 Å². The van der Waals surface area contributed by atoms with Crippen LogP contribution in [-0.2, 0) is 0 Å². The number of nitrogens with one attached hydrogen (secondary N) is 1. The summed E-state index contributed by atoms with van der Waals surface area (Å²) in [4.78, 5) is 14.1. The van der Waals surface area contributed by atoms with Gasteiger partial charge in [0, 0.05) is 20.8 Å². The second-order valence-corrected chi connectivity index (χ2v) is 6.25. The average molecular weight is 360 g/mol. The molecule has 4 nitrogen and oxygen atoms in total. The Bertz CT molecular complexity index is 509. The molecule has 0 fully saturated rings. The van der Waals surface area contributed by atoms with Crippen molar-refractivity contribution < 1.29 is 0 Å². The molecule has 0 aliphatic heterocycles. The van der Waals surface area contributed by atoms with E-state index in [0.717, 1.165) is 14.3 Å². The molecule has 0 aromatic carbocycles.